The number of aromatic hydroxyl groups is 1. The summed E-state index contributed by atoms with van der Waals surface area (Å²) in [6.07, 6.45) is 0. The van der Waals surface area contributed by atoms with Gasteiger partial charge in [-0.2, -0.15) is 0 Å². The normalized spacial score (nSPS) is 10.7. The summed E-state index contributed by atoms with van der Waals surface area (Å²) in [5.74, 6) is -0.285. The van der Waals surface area contributed by atoms with E-state index in [9.17, 15) is 14.7 Å². The predicted molar refractivity (Wildman–Crippen MR) is 87.6 cm³/mol. The molecule has 5 heteroatoms. The topological polar surface area (TPSA) is 79.4 Å². The first-order chi connectivity index (χ1) is 11.1. The summed E-state index contributed by atoms with van der Waals surface area (Å²) >= 11 is 0. The molecule has 23 heavy (non-hydrogen) atoms. The number of pyridine rings is 1. The molecule has 0 fully saturated rings. The van der Waals surface area contributed by atoms with Crippen LogP contribution in [0.3, 0.4) is 0 Å². The number of nitrogens with one attached hydrogen (secondary N) is 1. The van der Waals surface area contributed by atoms with Gasteiger partial charge in [-0.25, -0.2) is 4.79 Å². The SMILES string of the molecule is CCOC(=O)c1ccc2[nH]c(-c3ccc(O)cc3)cc(=O)c2c1. The van der Waals surface area contributed by atoms with Gasteiger partial charge < -0.3 is 14.8 Å². The van der Waals surface area contributed by atoms with Gasteiger partial charge in [-0.1, -0.05) is 0 Å². The van der Waals surface area contributed by atoms with Crippen LogP contribution in [0.25, 0.3) is 22.2 Å². The van der Waals surface area contributed by atoms with E-state index in [1.807, 2.05) is 0 Å². The van der Waals surface area contributed by atoms with Crippen molar-refractivity contribution in [2.24, 2.45) is 0 Å². The standard InChI is InChI=1S/C18H15NO4/c1-2-23-18(22)12-5-8-15-14(9-12)17(21)10-16(19-15)11-3-6-13(20)7-4-11/h3-10,20H,2H2,1H3,(H,19,21). The monoisotopic (exact) mass is 309 g/mol. The molecule has 3 rings (SSSR count). The summed E-state index contributed by atoms with van der Waals surface area (Å²) < 4.78 is 4.95. The van der Waals surface area contributed by atoms with Crippen molar-refractivity contribution in [3.63, 3.8) is 0 Å². The molecule has 0 aliphatic heterocycles. The Morgan fingerprint density at radius 1 is 1.13 bits per heavy atom. The largest absolute Gasteiger partial charge is 0.508 e. The van der Waals surface area contributed by atoms with E-state index >= 15 is 0 Å². The number of aromatic nitrogens is 1. The Bertz CT molecular complexity index is 926. The van der Waals surface area contributed by atoms with Crippen LogP contribution in [0.1, 0.15) is 17.3 Å². The van der Waals surface area contributed by atoms with E-state index in [0.717, 1.165) is 5.56 Å². The molecular formula is C18H15NO4. The molecule has 0 saturated carbocycles. The third kappa shape index (κ3) is 2.94. The number of rotatable bonds is 3. The summed E-state index contributed by atoms with van der Waals surface area (Å²) in [4.78, 5) is 27.3. The van der Waals surface area contributed by atoms with Gasteiger partial charge in [-0.3, -0.25) is 4.79 Å². The number of aromatic amines is 1. The van der Waals surface area contributed by atoms with Gasteiger partial charge in [0.1, 0.15) is 5.75 Å². The molecule has 1 heterocycles. The third-order valence-corrected chi connectivity index (χ3v) is 3.52. The van der Waals surface area contributed by atoms with Gasteiger partial charge >= 0.3 is 5.97 Å². The van der Waals surface area contributed by atoms with Crippen LogP contribution in [0.15, 0.2) is 53.3 Å². The molecule has 0 radical (unpaired) electrons. The fourth-order valence-corrected chi connectivity index (χ4v) is 2.39. The van der Waals surface area contributed by atoms with Crippen molar-refractivity contribution in [3.05, 3.63) is 64.3 Å². The Hall–Kier alpha value is -3.08. The van der Waals surface area contributed by atoms with Crippen molar-refractivity contribution in [2.45, 2.75) is 6.92 Å². The van der Waals surface area contributed by atoms with Crippen LogP contribution in [0, 0.1) is 0 Å². The van der Waals surface area contributed by atoms with Gasteiger partial charge in [0.05, 0.1) is 12.2 Å². The van der Waals surface area contributed by atoms with E-state index in [0.29, 0.717) is 22.2 Å². The van der Waals surface area contributed by atoms with Crippen molar-refractivity contribution < 1.29 is 14.6 Å². The van der Waals surface area contributed by atoms with Gasteiger partial charge in [0, 0.05) is 22.7 Å². The number of hydrogen-bond acceptors (Lipinski definition) is 4. The molecule has 0 unspecified atom stereocenters. The number of carbonyl (C=O) groups excluding carboxylic acids is 1. The molecule has 0 saturated heterocycles. The van der Waals surface area contributed by atoms with Crippen molar-refractivity contribution in [1.29, 1.82) is 0 Å². The first kappa shape index (κ1) is 14.8. The van der Waals surface area contributed by atoms with E-state index < -0.39 is 5.97 Å². The average Bonchev–Trinajstić information content (AvgIpc) is 2.55. The molecule has 2 aromatic carbocycles. The number of H-pyrrole nitrogens is 1. The highest BCUT2D eigenvalue weighted by Crippen LogP contribution is 2.21. The maximum absolute atomic E-state index is 12.4. The second kappa shape index (κ2) is 5.96. The van der Waals surface area contributed by atoms with Crippen LogP contribution in [0.2, 0.25) is 0 Å². The number of hydrogen-bond donors (Lipinski definition) is 2. The Labute approximate surface area is 132 Å². The zero-order chi connectivity index (χ0) is 16.4. The van der Waals surface area contributed by atoms with E-state index in [2.05, 4.69) is 4.98 Å². The average molecular weight is 309 g/mol. The van der Waals surface area contributed by atoms with Crippen LogP contribution in [-0.4, -0.2) is 22.7 Å². The lowest BCUT2D eigenvalue weighted by molar-refractivity contribution is 0.0526. The first-order valence-electron chi connectivity index (χ1n) is 7.22. The number of esters is 1. The van der Waals surface area contributed by atoms with Gasteiger partial charge in [-0.05, 0) is 55.0 Å². The van der Waals surface area contributed by atoms with E-state index in [1.165, 1.54) is 12.1 Å². The molecule has 116 valence electrons. The number of carbonyl (C=O) groups is 1. The van der Waals surface area contributed by atoms with Crippen LogP contribution in [-0.2, 0) is 4.74 Å². The minimum atomic E-state index is -0.448. The molecule has 0 amide bonds. The maximum Gasteiger partial charge on any atom is 0.338 e. The minimum Gasteiger partial charge on any atom is -0.508 e. The zero-order valence-corrected chi connectivity index (χ0v) is 12.5. The number of benzene rings is 2. The quantitative estimate of drug-likeness (QED) is 0.729. The second-order valence-electron chi connectivity index (χ2n) is 5.07. The number of phenolic OH excluding ortho intramolecular Hbond substituents is 1. The van der Waals surface area contributed by atoms with Crippen LogP contribution in [0.4, 0.5) is 0 Å². The van der Waals surface area contributed by atoms with Crippen molar-refractivity contribution >= 4 is 16.9 Å². The van der Waals surface area contributed by atoms with Crippen molar-refractivity contribution in [2.75, 3.05) is 6.61 Å². The zero-order valence-electron chi connectivity index (χ0n) is 12.5. The second-order valence-corrected chi connectivity index (χ2v) is 5.07. The molecule has 0 aliphatic rings. The fourth-order valence-electron chi connectivity index (χ4n) is 2.39. The predicted octanol–water partition coefficient (Wildman–Crippen LogP) is 3.08. The van der Waals surface area contributed by atoms with Gasteiger partial charge in [0.2, 0.25) is 0 Å². The molecule has 0 spiro atoms. The Kier molecular flexibility index (Phi) is 3.85. The number of fused-ring (bicyclic) bond motifs is 1. The Morgan fingerprint density at radius 2 is 1.87 bits per heavy atom. The highest BCUT2D eigenvalue weighted by Gasteiger charge is 2.10. The van der Waals surface area contributed by atoms with Gasteiger partial charge in [-0.15, -0.1) is 0 Å². The van der Waals surface area contributed by atoms with Crippen LogP contribution >= 0.6 is 0 Å². The molecular weight excluding hydrogens is 294 g/mol. The lowest BCUT2D eigenvalue weighted by Crippen LogP contribution is -2.08. The first-order valence-corrected chi connectivity index (χ1v) is 7.22. The molecule has 0 bridgehead atoms. The highest BCUT2D eigenvalue weighted by atomic mass is 16.5. The summed E-state index contributed by atoms with van der Waals surface area (Å²) in [6.45, 7) is 2.02. The maximum atomic E-state index is 12.4. The highest BCUT2D eigenvalue weighted by molar-refractivity contribution is 5.94. The lowest BCUT2D eigenvalue weighted by atomic mass is 10.1. The summed E-state index contributed by atoms with van der Waals surface area (Å²) in [5.41, 5.74) is 2.23. The fraction of sp³-hybridized carbons (Fsp3) is 0.111. The third-order valence-electron chi connectivity index (χ3n) is 3.52. The van der Waals surface area contributed by atoms with E-state index in [4.69, 9.17) is 4.74 Å². The smallest absolute Gasteiger partial charge is 0.338 e. The molecule has 5 nitrogen and oxygen atoms in total. The molecule has 3 aromatic rings. The summed E-state index contributed by atoms with van der Waals surface area (Å²) in [6, 6.07) is 12.9. The minimum absolute atomic E-state index is 0.163. The van der Waals surface area contributed by atoms with Crippen LogP contribution in [0.5, 0.6) is 5.75 Å². The molecule has 1 aromatic heterocycles. The summed E-state index contributed by atoms with van der Waals surface area (Å²) in [5, 5.41) is 9.77. The number of ether oxygens (including phenoxy) is 1. The molecule has 2 N–H and O–H groups in total. The van der Waals surface area contributed by atoms with E-state index in [-0.39, 0.29) is 17.8 Å². The molecule has 0 aliphatic carbocycles. The lowest BCUT2D eigenvalue weighted by Gasteiger charge is -2.07. The summed E-state index contributed by atoms with van der Waals surface area (Å²) in [7, 11) is 0. The van der Waals surface area contributed by atoms with Crippen LogP contribution < -0.4 is 5.43 Å². The Balaban J connectivity index is 2.09. The van der Waals surface area contributed by atoms with Crippen molar-refractivity contribution in [3.8, 4) is 17.0 Å². The number of phenols is 1. The Morgan fingerprint density at radius 3 is 2.57 bits per heavy atom. The van der Waals surface area contributed by atoms with Gasteiger partial charge in [0.25, 0.3) is 0 Å². The molecule has 0 atom stereocenters. The van der Waals surface area contributed by atoms with Crippen molar-refractivity contribution in [1.82, 2.24) is 4.98 Å². The van der Waals surface area contributed by atoms with Gasteiger partial charge in [0.15, 0.2) is 5.43 Å². The van der Waals surface area contributed by atoms with E-state index in [1.54, 1.807) is 43.3 Å².